The first-order chi connectivity index (χ1) is 12.7. The molecular weight excluding hydrogens is 467 g/mol. The highest BCUT2D eigenvalue weighted by Crippen LogP contribution is 2.20. The number of piperidine rings is 1. The van der Waals surface area contributed by atoms with Gasteiger partial charge in [-0.15, -0.1) is 35.3 Å². The predicted molar refractivity (Wildman–Crippen MR) is 127 cm³/mol. The van der Waals surface area contributed by atoms with E-state index < -0.39 is 0 Å². The van der Waals surface area contributed by atoms with Gasteiger partial charge in [0.1, 0.15) is 0 Å². The number of hydrogen-bond donors (Lipinski definition) is 2. The monoisotopic (exact) mass is 498 g/mol. The van der Waals surface area contributed by atoms with Crippen molar-refractivity contribution in [3.63, 3.8) is 0 Å². The Kier molecular flexibility index (Phi) is 9.58. The zero-order valence-corrected chi connectivity index (χ0v) is 19.4. The number of aliphatic imine (C=N–C) groups is 1. The van der Waals surface area contributed by atoms with E-state index in [-0.39, 0.29) is 30.0 Å². The molecule has 2 atom stereocenters. The van der Waals surface area contributed by atoms with Crippen LogP contribution in [0.1, 0.15) is 36.2 Å². The van der Waals surface area contributed by atoms with Gasteiger partial charge in [0.05, 0.1) is 6.04 Å². The summed E-state index contributed by atoms with van der Waals surface area (Å²) in [5.74, 6) is 1.56. The summed E-state index contributed by atoms with van der Waals surface area (Å²) in [7, 11) is 1.84. The van der Waals surface area contributed by atoms with Gasteiger partial charge in [0, 0.05) is 31.6 Å². The van der Waals surface area contributed by atoms with Gasteiger partial charge in [-0.3, -0.25) is 9.89 Å². The van der Waals surface area contributed by atoms with Gasteiger partial charge in [0.25, 0.3) is 0 Å². The lowest BCUT2D eigenvalue weighted by Gasteiger charge is -2.33. The summed E-state index contributed by atoms with van der Waals surface area (Å²) in [5, 5.41) is 9.20. The molecule has 2 heterocycles. The first-order valence-corrected chi connectivity index (χ1v) is 10.4. The Hall–Kier alpha value is -1.12. The third-order valence-corrected chi connectivity index (χ3v) is 5.86. The maximum atomic E-state index is 4.40. The van der Waals surface area contributed by atoms with E-state index in [0.29, 0.717) is 5.92 Å². The molecule has 1 aromatic carbocycles. The van der Waals surface area contributed by atoms with Gasteiger partial charge in [-0.25, -0.2) is 0 Å². The predicted octanol–water partition coefficient (Wildman–Crippen LogP) is 4.50. The van der Waals surface area contributed by atoms with Gasteiger partial charge in [0.2, 0.25) is 0 Å². The van der Waals surface area contributed by atoms with Crippen LogP contribution in [0.2, 0.25) is 0 Å². The fourth-order valence-corrected chi connectivity index (χ4v) is 4.30. The van der Waals surface area contributed by atoms with E-state index >= 15 is 0 Å². The van der Waals surface area contributed by atoms with E-state index in [2.05, 4.69) is 69.2 Å². The zero-order chi connectivity index (χ0) is 18.2. The van der Waals surface area contributed by atoms with Crippen LogP contribution < -0.4 is 10.6 Å². The number of nitrogens with one attached hydrogen (secondary N) is 2. The van der Waals surface area contributed by atoms with E-state index in [1.54, 1.807) is 0 Å². The maximum absolute atomic E-state index is 4.40. The number of rotatable bonds is 6. The van der Waals surface area contributed by atoms with E-state index in [0.717, 1.165) is 25.6 Å². The van der Waals surface area contributed by atoms with E-state index in [4.69, 9.17) is 0 Å². The van der Waals surface area contributed by atoms with Crippen LogP contribution in [-0.4, -0.2) is 37.5 Å². The standard InChI is InChI=1S/C21H30N4S.HI/c1-17(19-9-4-3-5-10-19)24-21(22-2)23-14-18-8-6-12-25(15-18)16-20-11-7-13-26-20;/h3-5,7,9-11,13,17-18H,6,8,12,14-16H2,1-2H3,(H2,22,23,24);1H. The molecule has 148 valence electrons. The highest BCUT2D eigenvalue weighted by atomic mass is 127. The maximum Gasteiger partial charge on any atom is 0.191 e. The molecule has 6 heteroatoms. The van der Waals surface area contributed by atoms with Gasteiger partial charge < -0.3 is 10.6 Å². The second-order valence-corrected chi connectivity index (χ2v) is 8.08. The summed E-state index contributed by atoms with van der Waals surface area (Å²) in [6.45, 7) is 6.61. The molecule has 0 radical (unpaired) electrons. The van der Waals surface area contributed by atoms with Gasteiger partial charge in [-0.2, -0.15) is 0 Å². The van der Waals surface area contributed by atoms with Crippen LogP contribution >= 0.6 is 35.3 Å². The van der Waals surface area contributed by atoms with Crippen LogP contribution in [0.3, 0.4) is 0 Å². The van der Waals surface area contributed by atoms with Crippen molar-refractivity contribution >= 4 is 41.3 Å². The molecule has 2 unspecified atom stereocenters. The molecule has 1 fully saturated rings. The number of nitrogens with zero attached hydrogens (tertiary/aromatic N) is 2. The second-order valence-electron chi connectivity index (χ2n) is 7.05. The normalized spacial score (nSPS) is 19.2. The van der Waals surface area contributed by atoms with Crippen molar-refractivity contribution < 1.29 is 0 Å². The minimum atomic E-state index is 0. The molecule has 4 nitrogen and oxygen atoms in total. The van der Waals surface area contributed by atoms with E-state index in [9.17, 15) is 0 Å². The van der Waals surface area contributed by atoms with Gasteiger partial charge in [-0.05, 0) is 49.2 Å². The third kappa shape index (κ3) is 7.08. The summed E-state index contributed by atoms with van der Waals surface area (Å²) < 4.78 is 0. The van der Waals surface area contributed by atoms with E-state index in [1.807, 2.05) is 24.5 Å². The third-order valence-electron chi connectivity index (χ3n) is 5.00. The molecule has 0 amide bonds. The van der Waals surface area contributed by atoms with Crippen molar-refractivity contribution in [2.75, 3.05) is 26.7 Å². The van der Waals surface area contributed by atoms with Crippen molar-refractivity contribution in [3.05, 3.63) is 58.3 Å². The van der Waals surface area contributed by atoms with Crippen LogP contribution in [0.15, 0.2) is 52.8 Å². The van der Waals surface area contributed by atoms with Crippen LogP contribution in [0.25, 0.3) is 0 Å². The quantitative estimate of drug-likeness (QED) is 0.350. The first-order valence-electron chi connectivity index (χ1n) is 9.51. The van der Waals surface area contributed by atoms with Gasteiger partial charge >= 0.3 is 0 Å². The van der Waals surface area contributed by atoms with Crippen molar-refractivity contribution in [1.29, 1.82) is 0 Å². The Balaban J connectivity index is 0.00000261. The molecule has 0 aliphatic carbocycles. The number of benzene rings is 1. The zero-order valence-electron chi connectivity index (χ0n) is 16.2. The van der Waals surface area contributed by atoms with E-state index in [1.165, 1.54) is 29.8 Å². The average Bonchev–Trinajstić information content (AvgIpc) is 3.19. The minimum Gasteiger partial charge on any atom is -0.356 e. The SMILES string of the molecule is CN=C(NCC1CCCN(Cc2cccs2)C1)NC(C)c1ccccc1.I. The molecule has 2 N–H and O–H groups in total. The molecule has 3 rings (SSSR count). The molecule has 1 aromatic heterocycles. The fourth-order valence-electron chi connectivity index (χ4n) is 3.55. The topological polar surface area (TPSA) is 39.7 Å². The molecule has 0 spiro atoms. The van der Waals surface area contributed by atoms with Crippen molar-refractivity contribution in [2.45, 2.75) is 32.4 Å². The summed E-state index contributed by atoms with van der Waals surface area (Å²) in [6.07, 6.45) is 2.57. The summed E-state index contributed by atoms with van der Waals surface area (Å²) in [5.41, 5.74) is 1.27. The molecule has 0 saturated carbocycles. The van der Waals surface area contributed by atoms with Crippen LogP contribution in [0, 0.1) is 5.92 Å². The molecule has 27 heavy (non-hydrogen) atoms. The molecule has 1 aliphatic rings. The molecule has 1 aliphatic heterocycles. The smallest absolute Gasteiger partial charge is 0.191 e. The minimum absolute atomic E-state index is 0. The Labute approximate surface area is 184 Å². The molecule has 2 aromatic rings. The highest BCUT2D eigenvalue weighted by molar-refractivity contribution is 14.0. The first kappa shape index (κ1) is 22.2. The molecular formula is C21H31IN4S. The van der Waals surface area contributed by atoms with Gasteiger partial charge in [0.15, 0.2) is 5.96 Å². The number of thiophene rings is 1. The van der Waals surface area contributed by atoms with Crippen LogP contribution in [0.5, 0.6) is 0 Å². The van der Waals surface area contributed by atoms with Crippen LogP contribution in [0.4, 0.5) is 0 Å². The number of likely N-dealkylation sites (tertiary alicyclic amines) is 1. The van der Waals surface area contributed by atoms with Crippen molar-refractivity contribution in [3.8, 4) is 0 Å². The summed E-state index contributed by atoms with van der Waals surface area (Å²) in [6, 6.07) is 15.1. The fraction of sp³-hybridized carbons (Fsp3) is 0.476. The molecule has 0 bridgehead atoms. The largest absolute Gasteiger partial charge is 0.356 e. The van der Waals surface area contributed by atoms with Gasteiger partial charge in [-0.1, -0.05) is 36.4 Å². The summed E-state index contributed by atoms with van der Waals surface area (Å²) >= 11 is 1.86. The lowest BCUT2D eigenvalue weighted by Crippen LogP contribution is -2.44. The summed E-state index contributed by atoms with van der Waals surface area (Å²) in [4.78, 5) is 8.45. The number of hydrogen-bond acceptors (Lipinski definition) is 3. The number of halogens is 1. The lowest BCUT2D eigenvalue weighted by atomic mass is 9.98. The van der Waals surface area contributed by atoms with Crippen molar-refractivity contribution in [2.24, 2.45) is 10.9 Å². The number of guanidine groups is 1. The van der Waals surface area contributed by atoms with Crippen LogP contribution in [-0.2, 0) is 6.54 Å². The highest BCUT2D eigenvalue weighted by Gasteiger charge is 2.20. The Morgan fingerprint density at radius 3 is 2.78 bits per heavy atom. The Morgan fingerprint density at radius 2 is 2.07 bits per heavy atom. The molecule has 1 saturated heterocycles. The lowest BCUT2D eigenvalue weighted by molar-refractivity contribution is 0.169. The van der Waals surface area contributed by atoms with Crippen molar-refractivity contribution in [1.82, 2.24) is 15.5 Å². The average molecular weight is 498 g/mol. The Bertz CT molecular complexity index is 675. The second kappa shape index (κ2) is 11.7. The Morgan fingerprint density at radius 1 is 1.26 bits per heavy atom.